The van der Waals surface area contributed by atoms with Crippen molar-refractivity contribution >= 4 is 16.9 Å². The van der Waals surface area contributed by atoms with Gasteiger partial charge in [-0.3, -0.25) is 14.9 Å². The molecule has 168 valence electrons. The second kappa shape index (κ2) is 10.3. The Labute approximate surface area is 193 Å². The van der Waals surface area contributed by atoms with Crippen LogP contribution in [0.15, 0.2) is 83.3 Å². The predicted octanol–water partition coefficient (Wildman–Crippen LogP) is 5.03. The highest BCUT2D eigenvalue weighted by molar-refractivity contribution is 5.98. The summed E-state index contributed by atoms with van der Waals surface area (Å²) < 4.78 is 11.5. The molecule has 0 aliphatic carbocycles. The minimum absolute atomic E-state index is 0.0143. The Kier molecular flexibility index (Phi) is 7.07. The van der Waals surface area contributed by atoms with Crippen LogP contribution in [-0.4, -0.2) is 41.3 Å². The number of hydroxylamine groups is 2. The average Bonchev–Trinajstić information content (AvgIpc) is 3.18. The van der Waals surface area contributed by atoms with Gasteiger partial charge in [-0.25, -0.2) is 5.06 Å². The fourth-order valence-corrected chi connectivity index (χ4v) is 3.68. The van der Waals surface area contributed by atoms with E-state index < -0.39 is 5.91 Å². The Morgan fingerprint density at radius 1 is 0.970 bits per heavy atom. The maximum absolute atomic E-state index is 13.1. The number of hydrogen-bond donors (Lipinski definition) is 1. The number of para-hydroxylation sites is 1. The molecular formula is C27H26N2O4. The zero-order valence-corrected chi connectivity index (χ0v) is 18.5. The molecule has 0 atom stereocenters. The van der Waals surface area contributed by atoms with Crippen LogP contribution in [0.4, 0.5) is 0 Å². The van der Waals surface area contributed by atoms with Crippen LogP contribution in [0.2, 0.25) is 0 Å². The summed E-state index contributed by atoms with van der Waals surface area (Å²) in [4.78, 5) is 15.2. The van der Waals surface area contributed by atoms with Crippen molar-refractivity contribution < 1.29 is 19.2 Å². The van der Waals surface area contributed by atoms with Gasteiger partial charge in [-0.1, -0.05) is 60.7 Å². The molecule has 4 rings (SSSR count). The van der Waals surface area contributed by atoms with Crippen molar-refractivity contribution in [2.45, 2.75) is 13.1 Å². The SMILES string of the molecule is [CH]c1ccc(OCCN(O)C(=O)c2oc3ccccc3c2CN(C)Cc2ccccc2)cc1. The van der Waals surface area contributed by atoms with Crippen LogP contribution >= 0.6 is 0 Å². The first-order chi connectivity index (χ1) is 16.0. The number of furan rings is 1. The Balaban J connectivity index is 1.47. The minimum atomic E-state index is -0.602. The molecule has 6 nitrogen and oxygen atoms in total. The second-order valence-electron chi connectivity index (χ2n) is 7.91. The van der Waals surface area contributed by atoms with Gasteiger partial charge >= 0.3 is 5.91 Å². The van der Waals surface area contributed by atoms with E-state index in [1.54, 1.807) is 24.3 Å². The summed E-state index contributed by atoms with van der Waals surface area (Å²) in [6, 6.07) is 24.5. The Bertz CT molecular complexity index is 1200. The number of carbonyl (C=O) groups excluding carboxylic acids is 1. The van der Waals surface area contributed by atoms with Crippen molar-refractivity contribution in [2.75, 3.05) is 20.2 Å². The van der Waals surface area contributed by atoms with Crippen LogP contribution in [0, 0.1) is 6.92 Å². The summed E-state index contributed by atoms with van der Waals surface area (Å²) in [5.74, 6) is 0.137. The first-order valence-corrected chi connectivity index (χ1v) is 10.7. The Morgan fingerprint density at radius 3 is 2.42 bits per heavy atom. The van der Waals surface area contributed by atoms with Crippen molar-refractivity contribution in [1.82, 2.24) is 9.96 Å². The molecule has 33 heavy (non-hydrogen) atoms. The molecule has 0 saturated heterocycles. The van der Waals surface area contributed by atoms with E-state index in [1.807, 2.05) is 49.5 Å². The zero-order chi connectivity index (χ0) is 23.2. The fraction of sp³-hybridized carbons (Fsp3) is 0.185. The maximum Gasteiger partial charge on any atom is 0.313 e. The minimum Gasteiger partial charge on any atom is -0.492 e. The summed E-state index contributed by atoms with van der Waals surface area (Å²) in [5, 5.41) is 11.9. The lowest BCUT2D eigenvalue weighted by Gasteiger charge is -2.18. The maximum atomic E-state index is 13.1. The molecule has 3 aromatic carbocycles. The third-order valence-corrected chi connectivity index (χ3v) is 5.30. The van der Waals surface area contributed by atoms with Gasteiger partial charge in [0.05, 0.1) is 6.54 Å². The van der Waals surface area contributed by atoms with E-state index in [0.717, 1.165) is 10.9 Å². The van der Waals surface area contributed by atoms with Gasteiger partial charge in [-0.2, -0.15) is 0 Å². The monoisotopic (exact) mass is 442 g/mol. The van der Waals surface area contributed by atoms with Crippen LogP contribution < -0.4 is 4.74 Å². The molecule has 6 heteroatoms. The molecule has 0 unspecified atom stereocenters. The normalized spacial score (nSPS) is 11.2. The molecule has 0 bridgehead atoms. The fourth-order valence-electron chi connectivity index (χ4n) is 3.68. The third-order valence-electron chi connectivity index (χ3n) is 5.30. The van der Waals surface area contributed by atoms with Gasteiger partial charge in [0.15, 0.2) is 5.76 Å². The summed E-state index contributed by atoms with van der Waals surface area (Å²) in [5.41, 5.74) is 3.16. The number of nitrogens with zero attached hydrogens (tertiary/aromatic N) is 2. The molecule has 0 spiro atoms. The highest BCUT2D eigenvalue weighted by Crippen LogP contribution is 2.28. The molecule has 1 amide bonds. The van der Waals surface area contributed by atoms with E-state index in [-0.39, 0.29) is 18.9 Å². The lowest BCUT2D eigenvalue weighted by molar-refractivity contribution is -0.0655. The molecule has 2 radical (unpaired) electrons. The van der Waals surface area contributed by atoms with Gasteiger partial charge in [0.1, 0.15) is 17.9 Å². The molecule has 0 saturated carbocycles. The molecule has 0 fully saturated rings. The van der Waals surface area contributed by atoms with E-state index in [0.29, 0.717) is 35.0 Å². The summed E-state index contributed by atoms with van der Waals surface area (Å²) in [6.45, 7) is 6.98. The summed E-state index contributed by atoms with van der Waals surface area (Å²) in [7, 11) is 1.99. The van der Waals surface area contributed by atoms with Crippen LogP contribution in [-0.2, 0) is 13.1 Å². The largest absolute Gasteiger partial charge is 0.492 e. The van der Waals surface area contributed by atoms with Crippen LogP contribution in [0.3, 0.4) is 0 Å². The van der Waals surface area contributed by atoms with Crippen molar-refractivity contribution in [2.24, 2.45) is 0 Å². The first kappa shape index (κ1) is 22.6. The van der Waals surface area contributed by atoms with Gasteiger partial charge in [-0.15, -0.1) is 0 Å². The molecule has 1 aromatic heterocycles. The Hall–Kier alpha value is -3.61. The van der Waals surface area contributed by atoms with Crippen LogP contribution in [0.25, 0.3) is 11.0 Å². The van der Waals surface area contributed by atoms with E-state index in [1.165, 1.54) is 5.56 Å². The number of benzene rings is 3. The highest BCUT2D eigenvalue weighted by Gasteiger charge is 2.25. The average molecular weight is 443 g/mol. The lowest BCUT2D eigenvalue weighted by atomic mass is 10.1. The van der Waals surface area contributed by atoms with E-state index in [2.05, 4.69) is 17.0 Å². The lowest BCUT2D eigenvalue weighted by Crippen LogP contribution is -2.32. The molecule has 4 aromatic rings. The van der Waals surface area contributed by atoms with Crippen molar-refractivity contribution in [3.63, 3.8) is 0 Å². The van der Waals surface area contributed by atoms with Gasteiger partial charge in [0, 0.05) is 24.0 Å². The van der Waals surface area contributed by atoms with Gasteiger partial charge in [0.2, 0.25) is 0 Å². The van der Waals surface area contributed by atoms with E-state index in [9.17, 15) is 10.0 Å². The number of ether oxygens (including phenoxy) is 1. The molecule has 0 aliphatic heterocycles. The molecular weight excluding hydrogens is 416 g/mol. The highest BCUT2D eigenvalue weighted by atomic mass is 16.5. The standard InChI is InChI=1S/C27H26N2O4/c1-20-12-14-22(15-13-20)32-17-16-29(31)27(30)26-24(23-10-6-7-11-25(23)33-26)19-28(2)18-21-8-4-3-5-9-21/h1,3-15,31H,16-19H2,2H3. The topological polar surface area (TPSA) is 66.2 Å². The first-order valence-electron chi connectivity index (χ1n) is 10.7. The van der Waals surface area contributed by atoms with Gasteiger partial charge in [-0.05, 0) is 43.3 Å². The molecule has 1 heterocycles. The number of hydrogen-bond acceptors (Lipinski definition) is 5. The number of carbonyl (C=O) groups is 1. The van der Waals surface area contributed by atoms with Gasteiger partial charge < -0.3 is 9.15 Å². The Morgan fingerprint density at radius 2 is 1.67 bits per heavy atom. The van der Waals surface area contributed by atoms with Gasteiger partial charge in [0.25, 0.3) is 0 Å². The third kappa shape index (κ3) is 5.61. The van der Waals surface area contributed by atoms with Crippen molar-refractivity contribution in [3.05, 3.63) is 108 Å². The summed E-state index contributed by atoms with van der Waals surface area (Å²) in [6.07, 6.45) is 0. The van der Waals surface area contributed by atoms with Crippen molar-refractivity contribution in [3.8, 4) is 5.75 Å². The van der Waals surface area contributed by atoms with Crippen LogP contribution in [0.1, 0.15) is 27.2 Å². The predicted molar refractivity (Wildman–Crippen MR) is 126 cm³/mol. The van der Waals surface area contributed by atoms with E-state index in [4.69, 9.17) is 16.1 Å². The second-order valence-corrected chi connectivity index (χ2v) is 7.91. The van der Waals surface area contributed by atoms with Crippen molar-refractivity contribution in [1.29, 1.82) is 0 Å². The van der Waals surface area contributed by atoms with E-state index >= 15 is 0 Å². The molecule has 1 N–H and O–H groups in total. The summed E-state index contributed by atoms with van der Waals surface area (Å²) >= 11 is 0. The zero-order valence-electron chi connectivity index (χ0n) is 18.5. The quantitative estimate of drug-likeness (QED) is 0.291. The number of rotatable bonds is 9. The smallest absolute Gasteiger partial charge is 0.313 e. The number of amides is 1. The molecule has 0 aliphatic rings. The number of fused-ring (bicyclic) bond motifs is 1. The van der Waals surface area contributed by atoms with Crippen LogP contribution in [0.5, 0.6) is 5.75 Å².